The molecule has 0 atom stereocenters. The van der Waals surface area contributed by atoms with E-state index >= 15 is 0 Å². The highest BCUT2D eigenvalue weighted by Gasteiger charge is 2.18. The van der Waals surface area contributed by atoms with Crippen molar-refractivity contribution in [1.82, 2.24) is 9.97 Å². The molecule has 0 bridgehead atoms. The van der Waals surface area contributed by atoms with Gasteiger partial charge in [0.2, 0.25) is 0 Å². The molecular formula is C52H35N3. The second-order valence-electron chi connectivity index (χ2n) is 13.8. The molecule has 0 N–H and O–H groups in total. The summed E-state index contributed by atoms with van der Waals surface area (Å²) in [5.41, 5.74) is 13.6. The Kier molecular flexibility index (Phi) is 8.16. The third-order valence-corrected chi connectivity index (χ3v) is 10.4. The van der Waals surface area contributed by atoms with Crippen LogP contribution in [0.2, 0.25) is 0 Å². The molecule has 0 radical (unpaired) electrons. The van der Waals surface area contributed by atoms with Crippen LogP contribution in [-0.4, -0.2) is 9.97 Å². The maximum atomic E-state index is 5.37. The lowest BCUT2D eigenvalue weighted by Gasteiger charge is -2.27. The van der Waals surface area contributed by atoms with Crippen LogP contribution >= 0.6 is 0 Å². The predicted molar refractivity (Wildman–Crippen MR) is 231 cm³/mol. The minimum absolute atomic E-state index is 0.877. The zero-order chi connectivity index (χ0) is 36.6. The summed E-state index contributed by atoms with van der Waals surface area (Å²) in [6.45, 7) is 0. The van der Waals surface area contributed by atoms with Crippen LogP contribution in [0.5, 0.6) is 0 Å². The molecule has 0 aliphatic rings. The first-order valence-corrected chi connectivity index (χ1v) is 18.7. The first kappa shape index (κ1) is 32.3. The van der Waals surface area contributed by atoms with Gasteiger partial charge in [-0.3, -0.25) is 0 Å². The molecule has 258 valence electrons. The Morgan fingerprint density at radius 2 is 0.782 bits per heavy atom. The molecular weight excluding hydrogens is 667 g/mol. The van der Waals surface area contributed by atoms with E-state index in [-0.39, 0.29) is 0 Å². The third kappa shape index (κ3) is 6.08. The zero-order valence-electron chi connectivity index (χ0n) is 30.0. The Morgan fingerprint density at radius 3 is 1.44 bits per heavy atom. The Labute approximate surface area is 320 Å². The molecule has 0 saturated carbocycles. The Morgan fingerprint density at radius 1 is 0.309 bits per heavy atom. The van der Waals surface area contributed by atoms with Gasteiger partial charge >= 0.3 is 0 Å². The number of benzene rings is 9. The minimum atomic E-state index is 0.877. The van der Waals surface area contributed by atoms with Gasteiger partial charge in [0.15, 0.2) is 0 Å². The van der Waals surface area contributed by atoms with Gasteiger partial charge in [0.25, 0.3) is 0 Å². The average molecular weight is 702 g/mol. The molecule has 0 amide bonds. The number of aromatic nitrogens is 2. The zero-order valence-corrected chi connectivity index (χ0v) is 30.0. The summed E-state index contributed by atoms with van der Waals surface area (Å²) < 4.78 is 0. The molecule has 3 heteroatoms. The Bertz CT molecular complexity index is 2940. The van der Waals surface area contributed by atoms with E-state index in [1.54, 1.807) is 0 Å². The van der Waals surface area contributed by atoms with Gasteiger partial charge in [-0.05, 0) is 75.5 Å². The summed E-state index contributed by atoms with van der Waals surface area (Å²) >= 11 is 0. The SMILES string of the molecule is c1ccc(-c2ccc(N(c3ccc(-c4ccc5ccc6nc(-c7ccccc7)c(-c7ccccc7)nc6c5c4)cc3)c3cccc4ccccc34)cc2)cc1. The monoisotopic (exact) mass is 701 g/mol. The lowest BCUT2D eigenvalue weighted by molar-refractivity contribution is 1.30. The van der Waals surface area contributed by atoms with E-state index in [0.29, 0.717) is 0 Å². The number of anilines is 3. The largest absolute Gasteiger partial charge is 0.310 e. The third-order valence-electron chi connectivity index (χ3n) is 10.4. The molecule has 0 aliphatic carbocycles. The Balaban J connectivity index is 1.07. The highest BCUT2D eigenvalue weighted by molar-refractivity contribution is 6.07. The summed E-state index contributed by atoms with van der Waals surface area (Å²) in [7, 11) is 0. The smallest absolute Gasteiger partial charge is 0.0973 e. The van der Waals surface area contributed by atoms with Crippen LogP contribution in [0, 0.1) is 0 Å². The summed E-state index contributed by atoms with van der Waals surface area (Å²) in [6.07, 6.45) is 0. The van der Waals surface area contributed by atoms with Crippen LogP contribution in [0.3, 0.4) is 0 Å². The fourth-order valence-corrected chi connectivity index (χ4v) is 7.68. The number of rotatable bonds is 7. The molecule has 0 saturated heterocycles. The Hall–Kier alpha value is -7.36. The average Bonchev–Trinajstić information content (AvgIpc) is 3.27. The quantitative estimate of drug-likeness (QED) is 0.155. The molecule has 0 fully saturated rings. The molecule has 3 nitrogen and oxygen atoms in total. The standard InChI is InChI=1S/C52H35N3/c1-4-13-36(14-5-1)37-25-30-44(31-26-37)55(49-22-12-20-39-15-10-11-21-46(39)49)45-32-27-38(28-33-45)43-24-23-40-29-34-48-52(47(40)35-43)54-51(42-18-8-3-9-19-42)50(53-48)41-16-6-2-7-17-41/h1-35H. The van der Waals surface area contributed by atoms with E-state index in [0.717, 1.165) is 72.5 Å². The number of hydrogen-bond donors (Lipinski definition) is 0. The van der Waals surface area contributed by atoms with E-state index in [1.165, 1.54) is 21.9 Å². The van der Waals surface area contributed by atoms with Crippen LogP contribution in [0.1, 0.15) is 0 Å². The summed E-state index contributed by atoms with van der Waals surface area (Å²) in [6, 6.07) is 75.1. The maximum Gasteiger partial charge on any atom is 0.0973 e. The van der Waals surface area contributed by atoms with E-state index in [9.17, 15) is 0 Å². The predicted octanol–water partition coefficient (Wildman–Crippen LogP) is 14.1. The molecule has 0 unspecified atom stereocenters. The van der Waals surface area contributed by atoms with Crippen molar-refractivity contribution in [2.24, 2.45) is 0 Å². The van der Waals surface area contributed by atoms with E-state index in [1.807, 2.05) is 12.1 Å². The van der Waals surface area contributed by atoms with Crippen LogP contribution in [0.25, 0.3) is 77.3 Å². The molecule has 1 heterocycles. The van der Waals surface area contributed by atoms with E-state index in [4.69, 9.17) is 9.97 Å². The van der Waals surface area contributed by atoms with Crippen molar-refractivity contribution in [2.45, 2.75) is 0 Å². The van der Waals surface area contributed by atoms with Crippen LogP contribution in [0.4, 0.5) is 17.1 Å². The van der Waals surface area contributed by atoms with E-state index in [2.05, 4.69) is 205 Å². The van der Waals surface area contributed by atoms with Crippen molar-refractivity contribution in [3.63, 3.8) is 0 Å². The normalized spacial score (nSPS) is 11.3. The second kappa shape index (κ2) is 13.9. The molecule has 9 aromatic carbocycles. The lowest BCUT2D eigenvalue weighted by atomic mass is 9.98. The summed E-state index contributed by atoms with van der Waals surface area (Å²) in [4.78, 5) is 13.0. The number of hydrogen-bond acceptors (Lipinski definition) is 3. The van der Waals surface area contributed by atoms with E-state index < -0.39 is 0 Å². The van der Waals surface area contributed by atoms with Crippen LogP contribution in [0.15, 0.2) is 212 Å². The van der Waals surface area contributed by atoms with Crippen molar-refractivity contribution in [3.05, 3.63) is 212 Å². The van der Waals surface area contributed by atoms with Gasteiger partial charge in [0, 0.05) is 33.3 Å². The van der Waals surface area contributed by atoms with Crippen molar-refractivity contribution in [1.29, 1.82) is 0 Å². The number of fused-ring (bicyclic) bond motifs is 4. The van der Waals surface area contributed by atoms with Gasteiger partial charge in [0.05, 0.1) is 28.1 Å². The topological polar surface area (TPSA) is 29.0 Å². The summed E-state index contributed by atoms with van der Waals surface area (Å²) in [5, 5.41) is 4.63. The van der Waals surface area contributed by atoms with Gasteiger partial charge < -0.3 is 4.90 Å². The minimum Gasteiger partial charge on any atom is -0.310 e. The maximum absolute atomic E-state index is 5.37. The second-order valence-corrected chi connectivity index (χ2v) is 13.8. The van der Waals surface area contributed by atoms with Crippen molar-refractivity contribution in [3.8, 4) is 44.8 Å². The van der Waals surface area contributed by atoms with Crippen LogP contribution < -0.4 is 4.90 Å². The molecule has 55 heavy (non-hydrogen) atoms. The summed E-state index contributed by atoms with van der Waals surface area (Å²) in [5.74, 6) is 0. The molecule has 10 aromatic rings. The fraction of sp³-hybridized carbons (Fsp3) is 0. The molecule has 0 aliphatic heterocycles. The highest BCUT2D eigenvalue weighted by Crippen LogP contribution is 2.41. The van der Waals surface area contributed by atoms with Gasteiger partial charge in [-0.25, -0.2) is 9.97 Å². The van der Waals surface area contributed by atoms with Gasteiger partial charge in [-0.15, -0.1) is 0 Å². The first-order chi connectivity index (χ1) is 27.3. The molecule has 0 spiro atoms. The van der Waals surface area contributed by atoms with Crippen LogP contribution in [-0.2, 0) is 0 Å². The van der Waals surface area contributed by atoms with Gasteiger partial charge in [0.1, 0.15) is 0 Å². The van der Waals surface area contributed by atoms with Crippen molar-refractivity contribution >= 4 is 49.6 Å². The number of nitrogens with zero attached hydrogens (tertiary/aromatic N) is 3. The highest BCUT2D eigenvalue weighted by atomic mass is 15.1. The van der Waals surface area contributed by atoms with Crippen molar-refractivity contribution in [2.75, 3.05) is 4.90 Å². The van der Waals surface area contributed by atoms with Gasteiger partial charge in [-0.2, -0.15) is 0 Å². The molecule has 10 rings (SSSR count). The van der Waals surface area contributed by atoms with Crippen molar-refractivity contribution < 1.29 is 0 Å². The fourth-order valence-electron chi connectivity index (χ4n) is 7.68. The first-order valence-electron chi connectivity index (χ1n) is 18.7. The molecule has 1 aromatic heterocycles. The van der Waals surface area contributed by atoms with Gasteiger partial charge in [-0.1, -0.05) is 170 Å². The lowest BCUT2D eigenvalue weighted by Crippen LogP contribution is -2.10.